The Labute approximate surface area is 203 Å². The van der Waals surface area contributed by atoms with E-state index >= 15 is 0 Å². The van der Waals surface area contributed by atoms with Crippen molar-refractivity contribution in [1.82, 2.24) is 4.98 Å². The van der Waals surface area contributed by atoms with E-state index in [1.807, 2.05) is 6.07 Å². The predicted octanol–water partition coefficient (Wildman–Crippen LogP) is 6.79. The van der Waals surface area contributed by atoms with E-state index in [4.69, 9.17) is 0 Å². The number of hydrogen-bond acceptors (Lipinski definition) is 4. The second-order valence-corrected chi connectivity index (χ2v) is 7.71. The number of aromatic nitrogens is 1. The van der Waals surface area contributed by atoms with E-state index < -0.39 is 22.6 Å². The van der Waals surface area contributed by atoms with Crippen LogP contribution in [-0.4, -0.2) is 15.8 Å². The van der Waals surface area contributed by atoms with E-state index in [-0.39, 0.29) is 5.69 Å². The van der Waals surface area contributed by atoms with Crippen LogP contribution in [0.4, 0.5) is 24.5 Å². The third-order valence-corrected chi connectivity index (χ3v) is 5.34. The Morgan fingerprint density at radius 1 is 0.972 bits per heavy atom. The molecule has 3 aromatic carbocycles. The minimum Gasteiger partial charge on any atom is -0.322 e. The summed E-state index contributed by atoms with van der Waals surface area (Å²) < 4.78 is 39.0. The first-order valence-corrected chi connectivity index (χ1v) is 10.7. The van der Waals surface area contributed by atoms with E-state index in [2.05, 4.69) is 10.3 Å². The number of amides is 1. The zero-order valence-corrected chi connectivity index (χ0v) is 18.6. The van der Waals surface area contributed by atoms with Gasteiger partial charge < -0.3 is 5.32 Å². The highest BCUT2D eigenvalue weighted by atomic mass is 19.4. The number of nitrogens with zero attached hydrogens (tertiary/aromatic N) is 2. The summed E-state index contributed by atoms with van der Waals surface area (Å²) in [5.41, 5.74) is 0.830. The number of non-ortho nitro benzene ring substituents is 1. The van der Waals surface area contributed by atoms with Gasteiger partial charge in [0, 0.05) is 47.1 Å². The van der Waals surface area contributed by atoms with E-state index in [0.717, 1.165) is 22.9 Å². The van der Waals surface area contributed by atoms with Crippen molar-refractivity contribution in [3.63, 3.8) is 0 Å². The van der Waals surface area contributed by atoms with Crippen LogP contribution in [0.25, 0.3) is 16.3 Å². The average molecular weight is 489 g/mol. The minimum atomic E-state index is -4.50. The van der Waals surface area contributed by atoms with Gasteiger partial charge in [-0.25, -0.2) is 0 Å². The maximum absolute atomic E-state index is 13.0. The van der Waals surface area contributed by atoms with Gasteiger partial charge in [-0.15, -0.1) is 0 Å². The Balaban J connectivity index is 1.65. The van der Waals surface area contributed by atoms with Gasteiger partial charge in [0.25, 0.3) is 5.69 Å². The molecule has 1 aromatic heterocycles. The molecule has 1 amide bonds. The summed E-state index contributed by atoms with van der Waals surface area (Å²) in [6, 6.07) is 17.3. The van der Waals surface area contributed by atoms with Gasteiger partial charge in [0.1, 0.15) is 0 Å². The highest BCUT2D eigenvalue weighted by Crippen LogP contribution is 2.32. The Morgan fingerprint density at radius 2 is 1.72 bits per heavy atom. The Bertz CT molecular complexity index is 1490. The molecule has 0 atom stereocenters. The molecule has 6 nitrogen and oxygen atoms in total. The number of benzene rings is 3. The number of nitrogens with one attached hydrogen (secondary N) is 1. The van der Waals surface area contributed by atoms with Gasteiger partial charge in [0.15, 0.2) is 0 Å². The van der Waals surface area contributed by atoms with Crippen molar-refractivity contribution >= 4 is 33.6 Å². The maximum atomic E-state index is 13.0. The molecule has 4 aromatic rings. The number of anilines is 1. The quantitative estimate of drug-likeness (QED) is 0.140. The van der Waals surface area contributed by atoms with Crippen LogP contribution in [-0.2, 0) is 11.0 Å². The van der Waals surface area contributed by atoms with Crippen LogP contribution in [0.15, 0.2) is 103 Å². The van der Waals surface area contributed by atoms with Crippen molar-refractivity contribution < 1.29 is 22.9 Å². The zero-order valence-electron chi connectivity index (χ0n) is 18.6. The lowest BCUT2D eigenvalue weighted by Crippen LogP contribution is -2.08. The fourth-order valence-electron chi connectivity index (χ4n) is 3.62. The van der Waals surface area contributed by atoms with Gasteiger partial charge in [-0.1, -0.05) is 48.6 Å². The second kappa shape index (κ2) is 10.2. The molecule has 0 aliphatic heterocycles. The zero-order chi connectivity index (χ0) is 25.7. The molecule has 0 unspecified atom stereocenters. The van der Waals surface area contributed by atoms with E-state index in [1.165, 1.54) is 48.6 Å². The first-order chi connectivity index (χ1) is 17.2. The molecule has 0 saturated heterocycles. The summed E-state index contributed by atoms with van der Waals surface area (Å²) in [6.07, 6.45) is 3.03. The van der Waals surface area contributed by atoms with Crippen LogP contribution < -0.4 is 5.32 Å². The molecule has 9 heteroatoms. The minimum absolute atomic E-state index is 0.169. The number of nitro benzene ring substituents is 1. The molecule has 0 saturated carbocycles. The number of fused-ring (bicyclic) bond motifs is 1. The average Bonchev–Trinajstić information content (AvgIpc) is 2.86. The number of hydrogen-bond donors (Lipinski definition) is 1. The molecule has 0 fully saturated rings. The van der Waals surface area contributed by atoms with Crippen molar-refractivity contribution in [3.05, 3.63) is 130 Å². The lowest BCUT2D eigenvalue weighted by Gasteiger charge is -2.11. The van der Waals surface area contributed by atoms with Crippen LogP contribution in [0.2, 0.25) is 0 Å². The SMILES string of the molecule is O=C(C=CC=C(c1ccc(C(F)(F)F)cc1)c1cccc([N+](=O)[O-])c1)Nc1cccc2cnccc12. The smallest absolute Gasteiger partial charge is 0.322 e. The lowest BCUT2D eigenvalue weighted by atomic mass is 9.96. The standard InChI is InChI=1S/C27H18F3N3O3/c28-27(29,30)21-12-10-18(11-13-21)23(19-4-1-6-22(16-19)33(35)36)7-3-9-26(34)32-25-8-2-5-20-17-31-15-14-24(20)25/h1-17H,(H,32,34). The van der Waals surface area contributed by atoms with Crippen LogP contribution in [0, 0.1) is 10.1 Å². The molecule has 1 N–H and O–H groups in total. The monoisotopic (exact) mass is 489 g/mol. The number of carbonyl (C=O) groups is 1. The van der Waals surface area contributed by atoms with Crippen LogP contribution in [0.1, 0.15) is 16.7 Å². The summed E-state index contributed by atoms with van der Waals surface area (Å²) in [6.45, 7) is 0. The molecule has 0 radical (unpaired) electrons. The molecule has 0 spiro atoms. The fourth-order valence-corrected chi connectivity index (χ4v) is 3.62. The van der Waals surface area contributed by atoms with Crippen molar-refractivity contribution in [2.45, 2.75) is 6.18 Å². The van der Waals surface area contributed by atoms with Crippen LogP contribution in [0.5, 0.6) is 0 Å². The number of pyridine rings is 1. The normalized spacial score (nSPS) is 12.1. The molecule has 36 heavy (non-hydrogen) atoms. The van der Waals surface area contributed by atoms with E-state index in [1.54, 1.807) is 36.7 Å². The first-order valence-electron chi connectivity index (χ1n) is 10.7. The lowest BCUT2D eigenvalue weighted by molar-refractivity contribution is -0.384. The highest BCUT2D eigenvalue weighted by Gasteiger charge is 2.30. The molecule has 1 heterocycles. The molecule has 0 aliphatic rings. The maximum Gasteiger partial charge on any atom is 0.416 e. The summed E-state index contributed by atoms with van der Waals surface area (Å²) in [4.78, 5) is 27.3. The molecule has 180 valence electrons. The van der Waals surface area contributed by atoms with Crippen molar-refractivity contribution in [1.29, 1.82) is 0 Å². The molecular weight excluding hydrogens is 471 g/mol. The Kier molecular flexibility index (Phi) is 6.91. The largest absolute Gasteiger partial charge is 0.416 e. The van der Waals surface area contributed by atoms with Gasteiger partial charge in [-0.05, 0) is 41.0 Å². The third-order valence-electron chi connectivity index (χ3n) is 5.34. The topological polar surface area (TPSA) is 85.1 Å². The predicted molar refractivity (Wildman–Crippen MR) is 131 cm³/mol. The molecule has 0 aliphatic carbocycles. The van der Waals surface area contributed by atoms with Crippen LogP contribution >= 0.6 is 0 Å². The van der Waals surface area contributed by atoms with Gasteiger partial charge in [-0.2, -0.15) is 13.2 Å². The second-order valence-electron chi connectivity index (χ2n) is 7.71. The molecule has 4 rings (SSSR count). The van der Waals surface area contributed by atoms with Gasteiger partial charge in [0.05, 0.1) is 10.5 Å². The number of rotatable bonds is 6. The van der Waals surface area contributed by atoms with Gasteiger partial charge in [-0.3, -0.25) is 19.9 Å². The van der Waals surface area contributed by atoms with Gasteiger partial charge >= 0.3 is 6.18 Å². The number of carbonyl (C=O) groups excluding carboxylic acids is 1. The number of allylic oxidation sites excluding steroid dienone is 2. The van der Waals surface area contributed by atoms with Crippen molar-refractivity contribution in [2.75, 3.05) is 5.32 Å². The van der Waals surface area contributed by atoms with Gasteiger partial charge in [0.2, 0.25) is 5.91 Å². The Morgan fingerprint density at radius 3 is 2.44 bits per heavy atom. The summed E-state index contributed by atoms with van der Waals surface area (Å²) in [7, 11) is 0. The fraction of sp³-hybridized carbons (Fsp3) is 0.0370. The van der Waals surface area contributed by atoms with Crippen LogP contribution in [0.3, 0.4) is 0 Å². The van der Waals surface area contributed by atoms with Crippen molar-refractivity contribution in [3.8, 4) is 0 Å². The summed E-state index contributed by atoms with van der Waals surface area (Å²) in [5, 5.41) is 15.7. The molecule has 0 bridgehead atoms. The number of halogens is 3. The third kappa shape index (κ3) is 5.64. The first kappa shape index (κ1) is 24.3. The highest BCUT2D eigenvalue weighted by molar-refractivity contribution is 6.06. The number of nitro groups is 1. The Hall–Kier alpha value is -4.79. The summed E-state index contributed by atoms with van der Waals surface area (Å²) >= 11 is 0. The van der Waals surface area contributed by atoms with E-state index in [9.17, 15) is 28.1 Å². The molecular formula is C27H18F3N3O3. The van der Waals surface area contributed by atoms with E-state index in [0.29, 0.717) is 22.4 Å². The summed E-state index contributed by atoms with van der Waals surface area (Å²) in [5.74, 6) is -0.429. The van der Waals surface area contributed by atoms with Crippen molar-refractivity contribution in [2.24, 2.45) is 0 Å². The number of alkyl halides is 3.